The second kappa shape index (κ2) is 8.28. The molecule has 1 unspecified atom stereocenters. The minimum Gasteiger partial charge on any atom is -0.486 e. The SMILES string of the molecule is Cc1nnc(NC(=O)C(C)Sc2nnc(COc3ccccc3)n2C)s1. The van der Waals surface area contributed by atoms with E-state index in [0.29, 0.717) is 22.7 Å². The van der Waals surface area contributed by atoms with Gasteiger partial charge in [-0.2, -0.15) is 0 Å². The van der Waals surface area contributed by atoms with E-state index in [9.17, 15) is 4.79 Å². The number of benzene rings is 1. The van der Waals surface area contributed by atoms with E-state index in [4.69, 9.17) is 4.74 Å². The molecule has 0 fully saturated rings. The van der Waals surface area contributed by atoms with E-state index in [1.165, 1.54) is 23.1 Å². The molecule has 3 rings (SSSR count). The molecule has 1 N–H and O–H groups in total. The zero-order valence-electron chi connectivity index (χ0n) is 14.5. The molecule has 1 amide bonds. The summed E-state index contributed by atoms with van der Waals surface area (Å²) in [5.41, 5.74) is 0. The van der Waals surface area contributed by atoms with Crippen LogP contribution in [0.4, 0.5) is 5.13 Å². The maximum Gasteiger partial charge on any atom is 0.239 e. The molecule has 26 heavy (non-hydrogen) atoms. The van der Waals surface area contributed by atoms with Gasteiger partial charge in [0, 0.05) is 7.05 Å². The Labute approximate surface area is 159 Å². The Balaban J connectivity index is 1.57. The lowest BCUT2D eigenvalue weighted by Crippen LogP contribution is -2.22. The number of thioether (sulfide) groups is 1. The maximum atomic E-state index is 12.3. The van der Waals surface area contributed by atoms with E-state index in [0.717, 1.165) is 10.8 Å². The van der Waals surface area contributed by atoms with Crippen LogP contribution in [0.25, 0.3) is 0 Å². The first kappa shape index (κ1) is 18.3. The van der Waals surface area contributed by atoms with Crippen molar-refractivity contribution in [3.8, 4) is 5.75 Å². The van der Waals surface area contributed by atoms with Crippen LogP contribution in [-0.2, 0) is 18.4 Å². The Bertz CT molecular complexity index is 880. The smallest absolute Gasteiger partial charge is 0.239 e. The number of aromatic nitrogens is 5. The number of hydrogen-bond acceptors (Lipinski definition) is 8. The van der Waals surface area contributed by atoms with Crippen LogP contribution in [0.1, 0.15) is 17.8 Å². The largest absolute Gasteiger partial charge is 0.486 e. The van der Waals surface area contributed by atoms with Crippen LogP contribution in [0.15, 0.2) is 35.5 Å². The topological polar surface area (TPSA) is 94.8 Å². The second-order valence-corrected chi connectivity index (χ2v) is 7.92. The summed E-state index contributed by atoms with van der Waals surface area (Å²) in [5.74, 6) is 1.30. The van der Waals surface area contributed by atoms with E-state index in [1.54, 1.807) is 0 Å². The van der Waals surface area contributed by atoms with Crippen molar-refractivity contribution in [2.24, 2.45) is 7.05 Å². The number of para-hydroxylation sites is 1. The number of carbonyl (C=O) groups excluding carboxylic acids is 1. The van der Waals surface area contributed by atoms with Gasteiger partial charge in [0.1, 0.15) is 17.4 Å². The molecule has 0 aliphatic rings. The predicted octanol–water partition coefficient (Wildman–Crippen LogP) is 2.67. The Morgan fingerprint density at radius 3 is 2.73 bits per heavy atom. The molecule has 3 aromatic rings. The van der Waals surface area contributed by atoms with Crippen molar-refractivity contribution in [3.05, 3.63) is 41.2 Å². The quantitative estimate of drug-likeness (QED) is 0.620. The molecule has 1 atom stereocenters. The summed E-state index contributed by atoms with van der Waals surface area (Å²) in [4.78, 5) is 12.3. The first-order chi connectivity index (χ1) is 12.5. The Morgan fingerprint density at radius 2 is 2.04 bits per heavy atom. The molecule has 0 saturated heterocycles. The average molecular weight is 390 g/mol. The minimum absolute atomic E-state index is 0.156. The number of carbonyl (C=O) groups is 1. The van der Waals surface area contributed by atoms with E-state index >= 15 is 0 Å². The van der Waals surface area contributed by atoms with Crippen molar-refractivity contribution in [2.75, 3.05) is 5.32 Å². The molecule has 2 heterocycles. The summed E-state index contributed by atoms with van der Waals surface area (Å²) in [7, 11) is 1.85. The second-order valence-electron chi connectivity index (χ2n) is 5.44. The van der Waals surface area contributed by atoms with Gasteiger partial charge < -0.3 is 9.30 Å². The summed E-state index contributed by atoms with van der Waals surface area (Å²) in [6, 6.07) is 9.51. The molecule has 0 saturated carbocycles. The normalized spacial score (nSPS) is 12.0. The van der Waals surface area contributed by atoms with Gasteiger partial charge >= 0.3 is 0 Å². The van der Waals surface area contributed by atoms with Crippen molar-refractivity contribution < 1.29 is 9.53 Å². The first-order valence-corrected chi connectivity index (χ1v) is 9.56. The fraction of sp³-hybridized carbons (Fsp3) is 0.312. The fourth-order valence-electron chi connectivity index (χ4n) is 2.00. The Morgan fingerprint density at radius 1 is 1.27 bits per heavy atom. The van der Waals surface area contributed by atoms with E-state index in [2.05, 4.69) is 25.7 Å². The van der Waals surface area contributed by atoms with Gasteiger partial charge in [-0.1, -0.05) is 41.3 Å². The number of anilines is 1. The summed E-state index contributed by atoms with van der Waals surface area (Å²) in [6.45, 7) is 3.95. The van der Waals surface area contributed by atoms with Crippen molar-refractivity contribution >= 4 is 34.1 Å². The van der Waals surface area contributed by atoms with E-state index in [-0.39, 0.29) is 11.2 Å². The number of hydrogen-bond donors (Lipinski definition) is 1. The highest BCUT2D eigenvalue weighted by atomic mass is 32.2. The summed E-state index contributed by atoms with van der Waals surface area (Å²) >= 11 is 2.66. The molecule has 0 spiro atoms. The van der Waals surface area contributed by atoms with Gasteiger partial charge in [-0.25, -0.2) is 0 Å². The third-order valence-electron chi connectivity index (χ3n) is 3.44. The lowest BCUT2D eigenvalue weighted by Gasteiger charge is -2.10. The van der Waals surface area contributed by atoms with Gasteiger partial charge in [0.05, 0.1) is 5.25 Å². The van der Waals surface area contributed by atoms with Crippen LogP contribution in [0.2, 0.25) is 0 Å². The van der Waals surface area contributed by atoms with Gasteiger partial charge in [-0.05, 0) is 26.0 Å². The third kappa shape index (κ3) is 4.58. The van der Waals surface area contributed by atoms with E-state index in [1.807, 2.05) is 55.8 Å². The molecule has 0 aliphatic carbocycles. The lowest BCUT2D eigenvalue weighted by molar-refractivity contribution is -0.115. The van der Waals surface area contributed by atoms with Crippen LogP contribution in [0, 0.1) is 6.92 Å². The highest BCUT2D eigenvalue weighted by Crippen LogP contribution is 2.23. The third-order valence-corrected chi connectivity index (χ3v) is 5.33. The molecular weight excluding hydrogens is 372 g/mol. The first-order valence-electron chi connectivity index (χ1n) is 7.86. The summed E-state index contributed by atoms with van der Waals surface area (Å²) < 4.78 is 7.52. The Kier molecular flexibility index (Phi) is 5.84. The number of ether oxygens (including phenoxy) is 1. The predicted molar refractivity (Wildman–Crippen MR) is 100 cm³/mol. The number of nitrogens with one attached hydrogen (secondary N) is 1. The Hall–Kier alpha value is -2.46. The number of rotatable bonds is 7. The molecule has 2 aromatic heterocycles. The molecule has 10 heteroatoms. The van der Waals surface area contributed by atoms with Crippen molar-refractivity contribution in [2.45, 2.75) is 30.9 Å². The zero-order chi connectivity index (χ0) is 18.5. The van der Waals surface area contributed by atoms with Gasteiger partial charge in [0.15, 0.2) is 11.0 Å². The molecule has 0 aliphatic heterocycles. The van der Waals surface area contributed by atoms with Crippen LogP contribution < -0.4 is 10.1 Å². The monoisotopic (exact) mass is 390 g/mol. The van der Waals surface area contributed by atoms with Crippen molar-refractivity contribution in [1.29, 1.82) is 0 Å². The average Bonchev–Trinajstić information content (AvgIpc) is 3.20. The molecule has 1 aromatic carbocycles. The zero-order valence-corrected chi connectivity index (χ0v) is 16.2. The number of aryl methyl sites for hydroxylation is 1. The number of nitrogens with zero attached hydrogens (tertiary/aromatic N) is 5. The number of amides is 1. The molecule has 0 radical (unpaired) electrons. The van der Waals surface area contributed by atoms with Gasteiger partial charge in [0.25, 0.3) is 0 Å². The molecule has 0 bridgehead atoms. The fourth-order valence-corrected chi connectivity index (χ4v) is 3.43. The lowest BCUT2D eigenvalue weighted by atomic mass is 10.3. The molecular formula is C16H18N6O2S2. The van der Waals surface area contributed by atoms with Crippen molar-refractivity contribution in [3.63, 3.8) is 0 Å². The highest BCUT2D eigenvalue weighted by molar-refractivity contribution is 8.00. The van der Waals surface area contributed by atoms with Crippen molar-refractivity contribution in [1.82, 2.24) is 25.0 Å². The van der Waals surface area contributed by atoms with Crippen LogP contribution in [0.5, 0.6) is 5.75 Å². The van der Waals surface area contributed by atoms with E-state index < -0.39 is 0 Å². The highest BCUT2D eigenvalue weighted by Gasteiger charge is 2.20. The minimum atomic E-state index is -0.356. The van der Waals surface area contributed by atoms with Crippen LogP contribution >= 0.6 is 23.1 Å². The van der Waals surface area contributed by atoms with Gasteiger partial charge in [-0.15, -0.1) is 20.4 Å². The van der Waals surface area contributed by atoms with Crippen LogP contribution in [0.3, 0.4) is 0 Å². The summed E-state index contributed by atoms with van der Waals surface area (Å²) in [6.07, 6.45) is 0. The summed E-state index contributed by atoms with van der Waals surface area (Å²) in [5, 5.41) is 20.4. The van der Waals surface area contributed by atoms with Gasteiger partial charge in [0.2, 0.25) is 11.0 Å². The standard InChI is InChI=1S/C16H18N6O2S2/c1-10(14(23)17-15-20-18-11(2)26-15)25-16-21-19-13(22(16)3)9-24-12-7-5-4-6-8-12/h4-8,10H,9H2,1-3H3,(H,17,20,23). The molecule has 8 nitrogen and oxygen atoms in total. The maximum absolute atomic E-state index is 12.3. The molecule has 136 valence electrons. The van der Waals surface area contributed by atoms with Gasteiger partial charge in [-0.3, -0.25) is 10.1 Å². The van der Waals surface area contributed by atoms with Crippen LogP contribution in [-0.4, -0.2) is 36.1 Å².